The second-order valence-electron chi connectivity index (χ2n) is 6.91. The van der Waals surface area contributed by atoms with Crippen molar-refractivity contribution < 1.29 is 19.4 Å². The molecule has 1 aliphatic heterocycles. The number of hydrogen-bond donors (Lipinski definition) is 1. The number of ether oxygens (including phenoxy) is 2. The number of aliphatic carboxylic acids is 1. The minimum Gasteiger partial charge on any atom is -0.478 e. The van der Waals surface area contributed by atoms with Gasteiger partial charge in [0.1, 0.15) is 11.5 Å². The fraction of sp³-hybridized carbons (Fsp3) is 0.526. The number of hydrogen-bond acceptors (Lipinski definition) is 3. The molecule has 1 unspecified atom stereocenters. The Labute approximate surface area is 137 Å². The molecule has 4 nitrogen and oxygen atoms in total. The van der Waals surface area contributed by atoms with Crippen LogP contribution in [0.25, 0.3) is 0 Å². The Morgan fingerprint density at radius 1 is 1.30 bits per heavy atom. The zero-order valence-corrected chi connectivity index (χ0v) is 14.7. The van der Waals surface area contributed by atoms with Gasteiger partial charge in [-0.25, -0.2) is 4.79 Å². The van der Waals surface area contributed by atoms with Crippen molar-refractivity contribution in [3.63, 3.8) is 0 Å². The summed E-state index contributed by atoms with van der Waals surface area (Å²) < 4.78 is 11.9. The van der Waals surface area contributed by atoms with E-state index < -0.39 is 17.2 Å². The highest BCUT2D eigenvalue weighted by molar-refractivity contribution is 5.78. The molecule has 124 valence electrons. The van der Waals surface area contributed by atoms with E-state index in [0.717, 1.165) is 28.0 Å². The number of carboxylic acid groups (broad SMARTS) is 1. The molecule has 0 aromatic heterocycles. The SMILES string of the molecule is C#CC(C)(C)Oc1c(C)c(C)c2c(c1C)CCC(C)(C(=O)O)O2. The van der Waals surface area contributed by atoms with E-state index in [1.807, 2.05) is 34.6 Å². The predicted octanol–water partition coefficient (Wildman–Crippen LogP) is 3.57. The van der Waals surface area contributed by atoms with Crippen LogP contribution in [0.2, 0.25) is 0 Å². The molecular weight excluding hydrogens is 292 g/mol. The Balaban J connectivity index is 2.57. The molecule has 0 bridgehead atoms. The van der Waals surface area contributed by atoms with Gasteiger partial charge in [-0.2, -0.15) is 0 Å². The first-order chi connectivity index (χ1) is 10.5. The summed E-state index contributed by atoms with van der Waals surface area (Å²) in [6.45, 7) is 11.2. The fourth-order valence-corrected chi connectivity index (χ4v) is 2.82. The van der Waals surface area contributed by atoms with E-state index in [4.69, 9.17) is 15.9 Å². The number of terminal acetylenes is 1. The summed E-state index contributed by atoms with van der Waals surface area (Å²) in [4.78, 5) is 11.5. The van der Waals surface area contributed by atoms with E-state index in [2.05, 4.69) is 5.92 Å². The summed E-state index contributed by atoms with van der Waals surface area (Å²) in [6, 6.07) is 0. The van der Waals surface area contributed by atoms with E-state index in [9.17, 15) is 9.90 Å². The van der Waals surface area contributed by atoms with Gasteiger partial charge in [-0.1, -0.05) is 5.92 Å². The average molecular weight is 316 g/mol. The lowest BCUT2D eigenvalue weighted by atomic mass is 9.87. The maximum absolute atomic E-state index is 11.5. The molecule has 1 aromatic rings. The largest absolute Gasteiger partial charge is 0.478 e. The van der Waals surface area contributed by atoms with Gasteiger partial charge in [0.25, 0.3) is 0 Å². The minimum absolute atomic E-state index is 0.427. The maximum atomic E-state index is 11.5. The van der Waals surface area contributed by atoms with Crippen LogP contribution in [0.4, 0.5) is 0 Å². The Kier molecular flexibility index (Phi) is 4.11. The Morgan fingerprint density at radius 3 is 2.43 bits per heavy atom. The van der Waals surface area contributed by atoms with Gasteiger partial charge in [-0.3, -0.25) is 0 Å². The van der Waals surface area contributed by atoms with E-state index >= 15 is 0 Å². The summed E-state index contributed by atoms with van der Waals surface area (Å²) in [5.41, 5.74) is 1.92. The number of carbonyl (C=O) groups is 1. The van der Waals surface area contributed by atoms with Crippen molar-refractivity contribution in [2.45, 2.75) is 65.6 Å². The third-order valence-electron chi connectivity index (χ3n) is 4.65. The molecule has 0 spiro atoms. The monoisotopic (exact) mass is 316 g/mol. The van der Waals surface area contributed by atoms with Crippen molar-refractivity contribution >= 4 is 5.97 Å². The maximum Gasteiger partial charge on any atom is 0.347 e. The van der Waals surface area contributed by atoms with Crippen molar-refractivity contribution in [1.29, 1.82) is 0 Å². The van der Waals surface area contributed by atoms with Crippen LogP contribution in [-0.4, -0.2) is 22.3 Å². The van der Waals surface area contributed by atoms with E-state index in [1.165, 1.54) is 0 Å². The molecule has 2 rings (SSSR count). The van der Waals surface area contributed by atoms with Gasteiger partial charge in [-0.05, 0) is 64.7 Å². The fourth-order valence-electron chi connectivity index (χ4n) is 2.82. The zero-order valence-electron chi connectivity index (χ0n) is 14.7. The van der Waals surface area contributed by atoms with Crippen LogP contribution < -0.4 is 9.47 Å². The van der Waals surface area contributed by atoms with Gasteiger partial charge >= 0.3 is 5.97 Å². The van der Waals surface area contributed by atoms with Crippen molar-refractivity contribution in [1.82, 2.24) is 0 Å². The van der Waals surface area contributed by atoms with Crippen molar-refractivity contribution in [2.75, 3.05) is 0 Å². The highest BCUT2D eigenvalue weighted by atomic mass is 16.5. The lowest BCUT2D eigenvalue weighted by Gasteiger charge is -2.35. The van der Waals surface area contributed by atoms with Crippen LogP contribution in [0.15, 0.2) is 0 Å². The molecule has 0 radical (unpaired) electrons. The summed E-state index contributed by atoms with van der Waals surface area (Å²) >= 11 is 0. The van der Waals surface area contributed by atoms with Crippen LogP contribution in [-0.2, 0) is 11.2 Å². The summed E-state index contributed by atoms with van der Waals surface area (Å²) in [6.07, 6.45) is 6.60. The topological polar surface area (TPSA) is 55.8 Å². The van der Waals surface area contributed by atoms with Crippen LogP contribution in [0, 0.1) is 33.1 Å². The molecule has 1 aromatic carbocycles. The molecular formula is C19H24O4. The first-order valence-electron chi connectivity index (χ1n) is 7.74. The first-order valence-corrected chi connectivity index (χ1v) is 7.74. The molecule has 1 atom stereocenters. The van der Waals surface area contributed by atoms with E-state index in [0.29, 0.717) is 18.6 Å². The Hall–Kier alpha value is -2.15. The van der Waals surface area contributed by atoms with Gasteiger partial charge in [-0.15, -0.1) is 6.42 Å². The molecule has 0 amide bonds. The van der Waals surface area contributed by atoms with Gasteiger partial charge < -0.3 is 14.6 Å². The Bertz CT molecular complexity index is 709. The summed E-state index contributed by atoms with van der Waals surface area (Å²) in [5.74, 6) is 3.14. The molecule has 23 heavy (non-hydrogen) atoms. The summed E-state index contributed by atoms with van der Waals surface area (Å²) in [7, 11) is 0. The normalized spacial score (nSPS) is 20.2. The highest BCUT2D eigenvalue weighted by Gasteiger charge is 2.41. The average Bonchev–Trinajstić information content (AvgIpc) is 2.49. The lowest BCUT2D eigenvalue weighted by molar-refractivity contribution is -0.155. The molecule has 0 saturated carbocycles. The minimum atomic E-state index is -1.18. The smallest absolute Gasteiger partial charge is 0.347 e. The molecule has 1 aliphatic rings. The molecule has 0 aliphatic carbocycles. The van der Waals surface area contributed by atoms with Crippen molar-refractivity contribution in [3.05, 3.63) is 22.3 Å². The number of rotatable bonds is 3. The quantitative estimate of drug-likeness (QED) is 0.866. The predicted molar refractivity (Wildman–Crippen MR) is 89.2 cm³/mol. The van der Waals surface area contributed by atoms with Crippen molar-refractivity contribution in [2.24, 2.45) is 0 Å². The molecule has 1 heterocycles. The number of benzene rings is 1. The number of carboxylic acids is 1. The molecule has 4 heteroatoms. The molecule has 1 N–H and O–H groups in total. The third kappa shape index (κ3) is 2.88. The van der Waals surface area contributed by atoms with Gasteiger partial charge in [0.2, 0.25) is 5.60 Å². The lowest BCUT2D eigenvalue weighted by Crippen LogP contribution is -2.44. The zero-order chi connectivity index (χ0) is 17.6. The standard InChI is InChI=1S/C19H24O4/c1-8-18(5,6)22-15-11(2)12(3)16-14(13(15)4)9-10-19(7,23-16)17(20)21/h1H,9-10H2,2-7H3,(H,20,21). The second-order valence-corrected chi connectivity index (χ2v) is 6.91. The number of fused-ring (bicyclic) bond motifs is 1. The van der Waals surface area contributed by atoms with Gasteiger partial charge in [0.15, 0.2) is 5.60 Å². The second kappa shape index (κ2) is 5.49. The van der Waals surface area contributed by atoms with Crippen LogP contribution >= 0.6 is 0 Å². The van der Waals surface area contributed by atoms with Gasteiger partial charge in [0.05, 0.1) is 0 Å². The highest BCUT2D eigenvalue weighted by Crippen LogP contribution is 2.44. The van der Waals surface area contributed by atoms with Crippen molar-refractivity contribution in [3.8, 4) is 23.8 Å². The first kappa shape index (κ1) is 17.2. The van der Waals surface area contributed by atoms with E-state index in [1.54, 1.807) is 6.92 Å². The van der Waals surface area contributed by atoms with E-state index in [-0.39, 0.29) is 0 Å². The van der Waals surface area contributed by atoms with Crippen LogP contribution in [0.5, 0.6) is 11.5 Å². The van der Waals surface area contributed by atoms with Gasteiger partial charge in [0, 0.05) is 12.0 Å². The molecule has 0 fully saturated rings. The summed E-state index contributed by atoms with van der Waals surface area (Å²) in [5, 5.41) is 9.42. The third-order valence-corrected chi connectivity index (χ3v) is 4.65. The molecule has 0 saturated heterocycles. The van der Waals surface area contributed by atoms with Crippen LogP contribution in [0.3, 0.4) is 0 Å². The Morgan fingerprint density at radius 2 is 1.91 bits per heavy atom. The van der Waals surface area contributed by atoms with Crippen LogP contribution in [0.1, 0.15) is 49.4 Å².